The van der Waals surface area contributed by atoms with Gasteiger partial charge in [-0.15, -0.1) is 0 Å². The number of carbonyl (C=O) groups excluding carboxylic acids is 4. The van der Waals surface area contributed by atoms with E-state index >= 15 is 4.39 Å². The topological polar surface area (TPSA) is 145 Å². The van der Waals surface area contributed by atoms with Crippen LogP contribution in [-0.4, -0.2) is 53.5 Å². The van der Waals surface area contributed by atoms with Crippen LogP contribution in [0, 0.1) is 11.2 Å². The van der Waals surface area contributed by atoms with E-state index in [-0.39, 0.29) is 41.4 Å². The number of anilines is 1. The van der Waals surface area contributed by atoms with Crippen LogP contribution in [0.15, 0.2) is 10.6 Å². The number of nitrogens with zero attached hydrogens (tertiary/aromatic N) is 2. The summed E-state index contributed by atoms with van der Waals surface area (Å²) < 4.78 is 26.6. The number of amides is 3. The van der Waals surface area contributed by atoms with Gasteiger partial charge in [0.25, 0.3) is 5.91 Å². The maximum atomic E-state index is 15.7. The van der Waals surface area contributed by atoms with Crippen molar-refractivity contribution in [2.45, 2.75) is 44.9 Å². The van der Waals surface area contributed by atoms with Gasteiger partial charge in [-0.1, -0.05) is 5.16 Å². The van der Waals surface area contributed by atoms with Crippen LogP contribution in [0.2, 0.25) is 0 Å². The van der Waals surface area contributed by atoms with E-state index < -0.39 is 53.3 Å². The van der Waals surface area contributed by atoms with Crippen LogP contribution < -0.4 is 16.0 Å². The molecule has 0 radical (unpaired) electrons. The third kappa shape index (κ3) is 2.49. The van der Waals surface area contributed by atoms with Crippen molar-refractivity contribution in [3.8, 4) is 0 Å². The fourth-order valence-electron chi connectivity index (χ4n) is 5.32. The van der Waals surface area contributed by atoms with Crippen molar-refractivity contribution < 1.29 is 32.8 Å². The van der Waals surface area contributed by atoms with E-state index in [1.165, 1.54) is 6.07 Å². The molecule has 1 unspecified atom stereocenters. The maximum absolute atomic E-state index is 15.7. The molecule has 0 aliphatic carbocycles. The summed E-state index contributed by atoms with van der Waals surface area (Å²) in [5.74, 6) is -3.61. The molecule has 1 aromatic carbocycles. The molecule has 31 heavy (non-hydrogen) atoms. The number of fused-ring (bicyclic) bond motifs is 5. The molecule has 0 saturated carbocycles. The van der Waals surface area contributed by atoms with Gasteiger partial charge in [0.15, 0.2) is 17.3 Å². The minimum Gasteiger partial charge on any atom is -0.372 e. The number of imide groups is 1. The van der Waals surface area contributed by atoms with E-state index in [0.717, 1.165) is 0 Å². The van der Waals surface area contributed by atoms with E-state index in [9.17, 15) is 19.2 Å². The minimum atomic E-state index is -1.65. The minimum absolute atomic E-state index is 0.0615. The number of carbonyl (C=O) groups is 4. The summed E-state index contributed by atoms with van der Waals surface area (Å²) in [6.45, 7) is 3.72. The standard InChI is InChI=1S/C20H19FN4O6/c1-7-6-25-15-9(3-10-14(18(22)28)24-31-16(10)13(15)21)5-20(17(25)8(2)30-7)11(26)4-12(27)23-19(20)29/h3,7-8,17H,4-6H2,1-2H3,(H2,22,28)(H,23,27,29)/t7-,8+,17-,20?/m1/s1. The van der Waals surface area contributed by atoms with Crippen LogP contribution in [0.4, 0.5) is 10.1 Å². The predicted octanol–water partition coefficient (Wildman–Crippen LogP) is 0.206. The largest absolute Gasteiger partial charge is 0.372 e. The average Bonchev–Trinajstić information content (AvgIpc) is 3.09. The van der Waals surface area contributed by atoms with Gasteiger partial charge in [0.05, 0.1) is 35.7 Å². The number of Topliss-reactive ketones (excluding diaryl/α,β-unsaturated/α-hetero) is 1. The molecule has 0 bridgehead atoms. The Morgan fingerprint density at radius 3 is 2.77 bits per heavy atom. The zero-order valence-electron chi connectivity index (χ0n) is 16.7. The first-order valence-corrected chi connectivity index (χ1v) is 9.85. The number of hydrogen-bond donors (Lipinski definition) is 2. The Morgan fingerprint density at radius 2 is 2.10 bits per heavy atom. The highest BCUT2D eigenvalue weighted by atomic mass is 19.1. The van der Waals surface area contributed by atoms with Gasteiger partial charge in [0.1, 0.15) is 5.41 Å². The van der Waals surface area contributed by atoms with Crippen molar-refractivity contribution in [2.75, 3.05) is 11.4 Å². The summed E-state index contributed by atoms with van der Waals surface area (Å²) in [5.41, 5.74) is 3.68. The Morgan fingerprint density at radius 1 is 1.35 bits per heavy atom. The van der Waals surface area contributed by atoms with Gasteiger partial charge in [0.2, 0.25) is 17.4 Å². The summed E-state index contributed by atoms with van der Waals surface area (Å²) in [7, 11) is 0. The molecule has 5 rings (SSSR count). The van der Waals surface area contributed by atoms with E-state index in [0.29, 0.717) is 5.56 Å². The molecule has 1 spiro atoms. The number of hydrogen-bond acceptors (Lipinski definition) is 8. The number of halogens is 1. The molecule has 2 saturated heterocycles. The Kier molecular flexibility index (Phi) is 4.00. The van der Waals surface area contributed by atoms with Crippen molar-refractivity contribution in [3.05, 3.63) is 23.1 Å². The van der Waals surface area contributed by atoms with Gasteiger partial charge in [-0.2, -0.15) is 0 Å². The van der Waals surface area contributed by atoms with E-state index in [2.05, 4.69) is 10.5 Å². The number of nitrogens with two attached hydrogens (primary N) is 1. The quantitative estimate of drug-likeness (QED) is 0.482. The number of primary amides is 1. The summed E-state index contributed by atoms with van der Waals surface area (Å²) >= 11 is 0. The molecule has 3 amide bonds. The molecule has 3 N–H and O–H groups in total. The lowest BCUT2D eigenvalue weighted by atomic mass is 9.63. The van der Waals surface area contributed by atoms with E-state index in [1.54, 1.807) is 18.7 Å². The van der Waals surface area contributed by atoms with E-state index in [1.807, 2.05) is 0 Å². The SMILES string of the molecule is C[C@@H]1CN2c3c(cc4c(C(N)=O)noc4c3F)CC3(C(=O)CC(=O)NC3=O)[C@H]2[C@H](C)O1. The monoisotopic (exact) mass is 430 g/mol. The third-order valence-electron chi connectivity index (χ3n) is 6.41. The molecular formula is C20H19FN4O6. The fourth-order valence-corrected chi connectivity index (χ4v) is 5.32. The zero-order chi connectivity index (χ0) is 22.2. The number of piperidine rings is 1. The second-order valence-corrected chi connectivity index (χ2v) is 8.34. The lowest BCUT2D eigenvalue weighted by Crippen LogP contribution is -2.72. The van der Waals surface area contributed by atoms with Gasteiger partial charge >= 0.3 is 0 Å². The normalized spacial score (nSPS) is 30.4. The van der Waals surface area contributed by atoms with Crippen LogP contribution in [0.1, 0.15) is 36.3 Å². The van der Waals surface area contributed by atoms with Crippen molar-refractivity contribution in [1.82, 2.24) is 10.5 Å². The Balaban J connectivity index is 1.80. The molecule has 2 fully saturated rings. The summed E-state index contributed by atoms with van der Waals surface area (Å²) in [4.78, 5) is 51.5. The predicted molar refractivity (Wildman–Crippen MR) is 103 cm³/mol. The molecule has 4 atom stereocenters. The molecule has 2 aromatic rings. The lowest BCUT2D eigenvalue weighted by molar-refractivity contribution is -0.158. The number of ether oxygens (including phenoxy) is 1. The van der Waals surface area contributed by atoms with E-state index in [4.69, 9.17) is 15.0 Å². The van der Waals surface area contributed by atoms with Crippen LogP contribution in [0.3, 0.4) is 0 Å². The molecule has 1 aromatic heterocycles. The van der Waals surface area contributed by atoms with Gasteiger partial charge in [-0.05, 0) is 31.9 Å². The molecular weight excluding hydrogens is 411 g/mol. The van der Waals surface area contributed by atoms with Gasteiger partial charge in [0, 0.05) is 6.54 Å². The van der Waals surface area contributed by atoms with Crippen molar-refractivity contribution in [2.24, 2.45) is 11.1 Å². The van der Waals surface area contributed by atoms with Crippen LogP contribution >= 0.6 is 0 Å². The second kappa shape index (κ2) is 6.33. The molecule has 10 nitrogen and oxygen atoms in total. The van der Waals surface area contributed by atoms with Crippen LogP contribution in [0.25, 0.3) is 11.0 Å². The summed E-state index contributed by atoms with van der Waals surface area (Å²) in [5, 5.41) is 5.91. The second-order valence-electron chi connectivity index (χ2n) is 8.34. The smallest absolute Gasteiger partial charge is 0.271 e. The first kappa shape index (κ1) is 19.6. The highest BCUT2D eigenvalue weighted by Gasteiger charge is 2.62. The molecule has 3 aliphatic rings. The fraction of sp³-hybridized carbons (Fsp3) is 0.450. The van der Waals surface area contributed by atoms with Crippen LogP contribution in [0.5, 0.6) is 0 Å². The molecule has 162 valence electrons. The molecule has 4 heterocycles. The van der Waals surface area contributed by atoms with Crippen LogP contribution in [-0.2, 0) is 25.5 Å². The van der Waals surface area contributed by atoms with Crippen molar-refractivity contribution in [3.63, 3.8) is 0 Å². The summed E-state index contributed by atoms with van der Waals surface area (Å²) in [6.07, 6.45) is -1.55. The van der Waals surface area contributed by atoms with Crippen molar-refractivity contribution >= 4 is 40.2 Å². The first-order chi connectivity index (χ1) is 14.6. The molecule has 11 heteroatoms. The number of rotatable bonds is 1. The van der Waals surface area contributed by atoms with Gasteiger partial charge in [-0.25, -0.2) is 4.39 Å². The highest BCUT2D eigenvalue weighted by Crippen LogP contribution is 2.49. The number of benzene rings is 1. The Hall–Kier alpha value is -3.34. The highest BCUT2D eigenvalue weighted by molar-refractivity contribution is 6.22. The summed E-state index contributed by atoms with van der Waals surface area (Å²) in [6, 6.07) is 0.645. The number of ketones is 1. The molecule has 3 aliphatic heterocycles. The zero-order valence-corrected chi connectivity index (χ0v) is 16.7. The first-order valence-electron chi connectivity index (χ1n) is 9.85. The Labute approximate surface area is 174 Å². The maximum Gasteiger partial charge on any atom is 0.271 e. The van der Waals surface area contributed by atoms with Gasteiger partial charge < -0.3 is 19.9 Å². The third-order valence-corrected chi connectivity index (χ3v) is 6.41. The number of nitrogens with one attached hydrogen (secondary N) is 1. The average molecular weight is 430 g/mol. The Bertz CT molecular complexity index is 1170. The van der Waals surface area contributed by atoms with Gasteiger partial charge in [-0.3, -0.25) is 24.5 Å². The number of aromatic nitrogens is 1. The lowest BCUT2D eigenvalue weighted by Gasteiger charge is -2.55. The number of morpholine rings is 1. The van der Waals surface area contributed by atoms with Crippen molar-refractivity contribution in [1.29, 1.82) is 0 Å².